The van der Waals surface area contributed by atoms with E-state index in [2.05, 4.69) is 105 Å². The fraction of sp³-hybridized carbons (Fsp3) is 0.480. The second-order valence-corrected chi connectivity index (χ2v) is 18.1. The molecule has 2 aliphatic carbocycles. The molecule has 10 heteroatoms. The lowest BCUT2D eigenvalue weighted by Crippen LogP contribution is -2.47. The molecule has 5 N–H and O–H groups in total. The standard InChI is InChI=1S/C50H72N4O6/c1-34(20-16-22-36(3)24-26-40-38(5)44(55)42(32-49(40,10)11)51-28-30-53-46(57)58)18-14-15-19-35(2)21-17-23-37(4)25-27-41-39(6)45(56)43(33-50(41,12)13)52-29-31-54-47(59)60-48(7,8)9/h14-27,42-43,51-53H,28-33H2,1-13H3,(H,54,59)(H,57,58). The molecule has 0 saturated carbocycles. The van der Waals surface area contributed by atoms with E-state index in [1.54, 1.807) is 0 Å². The topological polar surface area (TPSA) is 146 Å². The largest absolute Gasteiger partial charge is 0.465 e. The number of carbonyl (C=O) groups is 4. The van der Waals surface area contributed by atoms with Gasteiger partial charge in [-0.2, -0.15) is 0 Å². The predicted molar refractivity (Wildman–Crippen MR) is 247 cm³/mol. The minimum Gasteiger partial charge on any atom is -0.465 e. The molecule has 0 radical (unpaired) electrons. The summed E-state index contributed by atoms with van der Waals surface area (Å²) >= 11 is 0. The highest BCUT2D eigenvalue weighted by Gasteiger charge is 2.38. The van der Waals surface area contributed by atoms with Gasteiger partial charge in [0.2, 0.25) is 0 Å². The molecule has 2 rings (SSSR count). The highest BCUT2D eigenvalue weighted by Crippen LogP contribution is 2.41. The molecule has 0 bridgehead atoms. The number of allylic oxidation sites excluding steroid dienone is 20. The van der Waals surface area contributed by atoms with Crippen LogP contribution in [0.2, 0.25) is 0 Å². The Hall–Kier alpha value is -5.06. The van der Waals surface area contributed by atoms with Gasteiger partial charge in [-0.1, -0.05) is 135 Å². The summed E-state index contributed by atoms with van der Waals surface area (Å²) in [5.74, 6) is 0.139. The van der Waals surface area contributed by atoms with E-state index in [4.69, 9.17) is 9.84 Å². The van der Waals surface area contributed by atoms with Gasteiger partial charge in [0, 0.05) is 26.2 Å². The van der Waals surface area contributed by atoms with Crippen molar-refractivity contribution in [3.63, 3.8) is 0 Å². The monoisotopic (exact) mass is 825 g/mol. The van der Waals surface area contributed by atoms with Crippen LogP contribution in [-0.2, 0) is 14.3 Å². The lowest BCUT2D eigenvalue weighted by Gasteiger charge is -2.37. The second-order valence-electron chi connectivity index (χ2n) is 18.1. The Morgan fingerprint density at radius 1 is 0.633 bits per heavy atom. The number of hydrogen-bond acceptors (Lipinski definition) is 7. The summed E-state index contributed by atoms with van der Waals surface area (Å²) in [5, 5.41) is 20.4. The molecule has 0 aromatic rings. The Kier molecular flexibility index (Phi) is 20.1. The van der Waals surface area contributed by atoms with E-state index in [0.29, 0.717) is 32.5 Å². The molecule has 328 valence electrons. The highest BCUT2D eigenvalue weighted by molar-refractivity contribution is 6.02. The van der Waals surface area contributed by atoms with Crippen LogP contribution in [0, 0.1) is 10.8 Å². The van der Waals surface area contributed by atoms with Gasteiger partial charge in [-0.15, -0.1) is 0 Å². The van der Waals surface area contributed by atoms with Gasteiger partial charge in [0.05, 0.1) is 12.1 Å². The minimum atomic E-state index is -1.07. The molecule has 2 amide bonds. The summed E-state index contributed by atoms with van der Waals surface area (Å²) in [6, 6.07) is -0.641. The quantitative estimate of drug-likeness (QED) is 0.0679. The fourth-order valence-corrected chi connectivity index (χ4v) is 7.17. The molecule has 60 heavy (non-hydrogen) atoms. The van der Waals surface area contributed by atoms with Crippen molar-refractivity contribution >= 4 is 23.8 Å². The first-order valence-corrected chi connectivity index (χ1v) is 20.9. The Balaban J connectivity index is 1.92. The van der Waals surface area contributed by atoms with Crippen LogP contribution in [0.15, 0.2) is 130 Å². The maximum atomic E-state index is 13.3. The zero-order valence-electron chi connectivity index (χ0n) is 38.5. The SMILES string of the molecule is CC(C=CC=C(C)C=CC1=C(C)C(=O)C(NCCNC(=O)O)CC1(C)C)=CC=CC=C(C)C=CC=C(C)C=CC1=C(C)C(=O)C(NCCNC(=O)OC(C)(C)C)CC1(C)C. The summed E-state index contributed by atoms with van der Waals surface area (Å²) in [7, 11) is 0. The summed E-state index contributed by atoms with van der Waals surface area (Å²) in [6.45, 7) is 27.5. The lowest BCUT2D eigenvalue weighted by atomic mass is 9.70. The number of hydrogen-bond donors (Lipinski definition) is 5. The summed E-state index contributed by atoms with van der Waals surface area (Å²) in [4.78, 5) is 49.0. The van der Waals surface area contributed by atoms with Crippen molar-refractivity contribution in [1.29, 1.82) is 0 Å². The van der Waals surface area contributed by atoms with Gasteiger partial charge in [-0.05, 0) is 108 Å². The Morgan fingerprint density at radius 2 is 1.00 bits per heavy atom. The van der Waals surface area contributed by atoms with E-state index in [9.17, 15) is 19.2 Å². The number of ether oxygens (including phenoxy) is 1. The van der Waals surface area contributed by atoms with Crippen LogP contribution in [-0.4, -0.2) is 72.7 Å². The lowest BCUT2D eigenvalue weighted by molar-refractivity contribution is -0.119. The molecule has 0 saturated heterocycles. The van der Waals surface area contributed by atoms with Crippen molar-refractivity contribution in [2.24, 2.45) is 10.8 Å². The van der Waals surface area contributed by atoms with Crippen molar-refractivity contribution in [2.45, 2.75) is 121 Å². The molecule has 2 unspecified atom stereocenters. The van der Waals surface area contributed by atoms with Crippen molar-refractivity contribution in [3.8, 4) is 0 Å². The van der Waals surface area contributed by atoms with Gasteiger partial charge in [-0.25, -0.2) is 9.59 Å². The minimum absolute atomic E-state index is 0.0536. The van der Waals surface area contributed by atoms with Crippen LogP contribution in [0.3, 0.4) is 0 Å². The molecule has 0 fully saturated rings. The molecular weight excluding hydrogens is 753 g/mol. The van der Waals surface area contributed by atoms with Crippen LogP contribution in [0.25, 0.3) is 0 Å². The summed E-state index contributed by atoms with van der Waals surface area (Å²) in [5.41, 5.74) is 6.93. The number of ketones is 2. The smallest absolute Gasteiger partial charge is 0.407 e. The third-order valence-electron chi connectivity index (χ3n) is 10.3. The molecule has 0 aliphatic heterocycles. The number of amides is 2. The maximum absolute atomic E-state index is 13.3. The third-order valence-corrected chi connectivity index (χ3v) is 10.3. The van der Waals surface area contributed by atoms with Crippen molar-refractivity contribution in [1.82, 2.24) is 21.3 Å². The number of nitrogens with one attached hydrogen (secondary N) is 4. The number of alkyl carbamates (subject to hydrolysis) is 1. The van der Waals surface area contributed by atoms with E-state index in [-0.39, 0.29) is 41.0 Å². The summed E-state index contributed by atoms with van der Waals surface area (Å²) in [6.07, 6.45) is 28.4. The number of Topliss-reactive ketones (excluding diaryl/α,β-unsaturated/α-hetero) is 2. The molecule has 2 atom stereocenters. The predicted octanol–water partition coefficient (Wildman–Crippen LogP) is 9.89. The van der Waals surface area contributed by atoms with Gasteiger partial charge in [0.1, 0.15) is 5.60 Å². The molecule has 0 heterocycles. The van der Waals surface area contributed by atoms with E-state index < -0.39 is 17.8 Å². The number of carbonyl (C=O) groups excluding carboxylic acids is 3. The number of rotatable bonds is 18. The Morgan fingerprint density at radius 3 is 1.38 bits per heavy atom. The molecule has 0 spiro atoms. The van der Waals surface area contributed by atoms with Gasteiger partial charge in [0.15, 0.2) is 11.6 Å². The van der Waals surface area contributed by atoms with Crippen LogP contribution in [0.5, 0.6) is 0 Å². The average molecular weight is 825 g/mol. The molecule has 2 aliphatic rings. The van der Waals surface area contributed by atoms with Crippen molar-refractivity contribution < 1.29 is 29.0 Å². The zero-order valence-corrected chi connectivity index (χ0v) is 38.5. The van der Waals surface area contributed by atoms with Crippen LogP contribution in [0.1, 0.15) is 103 Å². The summed E-state index contributed by atoms with van der Waals surface area (Å²) < 4.78 is 5.28. The molecule has 10 nitrogen and oxygen atoms in total. The van der Waals surface area contributed by atoms with Crippen LogP contribution < -0.4 is 21.3 Å². The first-order chi connectivity index (χ1) is 27.9. The normalized spacial score (nSPS) is 21.1. The third kappa shape index (κ3) is 18.1. The van der Waals surface area contributed by atoms with E-state index in [1.165, 1.54) is 0 Å². The first-order valence-electron chi connectivity index (χ1n) is 20.9. The molecule has 0 aromatic carbocycles. The van der Waals surface area contributed by atoms with Gasteiger partial charge >= 0.3 is 12.2 Å². The van der Waals surface area contributed by atoms with E-state index >= 15 is 0 Å². The van der Waals surface area contributed by atoms with Crippen LogP contribution >= 0.6 is 0 Å². The maximum Gasteiger partial charge on any atom is 0.407 e. The van der Waals surface area contributed by atoms with Gasteiger partial charge < -0.3 is 31.1 Å². The van der Waals surface area contributed by atoms with E-state index in [1.807, 2.05) is 91.0 Å². The van der Waals surface area contributed by atoms with Gasteiger partial charge in [-0.3, -0.25) is 9.59 Å². The number of carboxylic acid groups (broad SMARTS) is 1. The zero-order chi connectivity index (χ0) is 45.3. The second kappa shape index (κ2) is 23.7. The van der Waals surface area contributed by atoms with Crippen molar-refractivity contribution in [2.75, 3.05) is 26.2 Å². The Bertz CT molecular complexity index is 1920. The Labute approximate surface area is 360 Å². The molecule has 0 aromatic heterocycles. The fourth-order valence-electron chi connectivity index (χ4n) is 7.17. The van der Waals surface area contributed by atoms with Crippen molar-refractivity contribution in [3.05, 3.63) is 130 Å². The average Bonchev–Trinajstić information content (AvgIpc) is 3.13. The van der Waals surface area contributed by atoms with Gasteiger partial charge in [0.25, 0.3) is 0 Å². The van der Waals surface area contributed by atoms with Crippen LogP contribution in [0.4, 0.5) is 9.59 Å². The first kappa shape index (κ1) is 51.1. The van der Waals surface area contributed by atoms with E-state index in [0.717, 1.165) is 44.6 Å². The highest BCUT2D eigenvalue weighted by atomic mass is 16.6. The molecular formula is C50H72N4O6.